The molecule has 1 nitrogen and oxygen atoms in total. The van der Waals surface area contributed by atoms with Gasteiger partial charge in [-0.3, -0.25) is 0 Å². The molecule has 0 aliphatic carbocycles. The number of benzene rings is 13. The van der Waals surface area contributed by atoms with Crippen LogP contribution in [0.3, 0.4) is 0 Å². The Kier molecular flexibility index (Phi) is 9.91. The van der Waals surface area contributed by atoms with Gasteiger partial charge in [0.25, 0.3) is 0 Å². The van der Waals surface area contributed by atoms with Crippen molar-refractivity contribution in [3.05, 3.63) is 273 Å². The summed E-state index contributed by atoms with van der Waals surface area (Å²) < 4.78 is 0. The van der Waals surface area contributed by atoms with E-state index in [1.165, 1.54) is 109 Å². The molecule has 0 bridgehead atoms. The molecule has 322 valence electrons. The molecular weight excluding hydrogens is 831 g/mol. The van der Waals surface area contributed by atoms with Crippen LogP contribution in [0.2, 0.25) is 0 Å². The van der Waals surface area contributed by atoms with Crippen LogP contribution in [0.5, 0.6) is 0 Å². The van der Waals surface area contributed by atoms with Gasteiger partial charge < -0.3 is 4.90 Å². The third-order valence-corrected chi connectivity index (χ3v) is 14.0. The molecule has 13 rings (SSSR count). The minimum atomic E-state index is 1.11. The average molecular weight is 876 g/mol. The van der Waals surface area contributed by atoms with Crippen LogP contribution in [0.1, 0.15) is 0 Å². The monoisotopic (exact) mass is 875 g/mol. The van der Waals surface area contributed by atoms with Crippen molar-refractivity contribution in [3.63, 3.8) is 0 Å². The number of para-hydroxylation sites is 2. The summed E-state index contributed by atoms with van der Waals surface area (Å²) in [6.45, 7) is 0. The van der Waals surface area contributed by atoms with Gasteiger partial charge in [-0.2, -0.15) is 0 Å². The average Bonchev–Trinajstić information content (AvgIpc) is 3.43. The van der Waals surface area contributed by atoms with Crippen LogP contribution < -0.4 is 4.90 Å². The van der Waals surface area contributed by atoms with Crippen LogP contribution in [-0.4, -0.2) is 0 Å². The highest BCUT2D eigenvalue weighted by molar-refractivity contribution is 6.23. The second kappa shape index (κ2) is 17.0. The molecule has 0 fully saturated rings. The standard InChI is InChI=1S/C68H45N/c1-4-18-49(19-5-1)63-42-52-22-14-15-23-53(52)43-64(63)55-35-39-62-61-38-34-54(48-32-36-60(37-33-48)69(58-24-6-2-7-25-58)59-26-8-3-9-27-59)44-65(61)67(56-30-28-46-16-10-12-20-50(46)40-56)68(66(62)45-55)57-31-29-47-17-11-13-21-51(47)41-57/h1-45H. The van der Waals surface area contributed by atoms with E-state index in [0.717, 1.165) is 17.1 Å². The Morgan fingerprint density at radius 2 is 0.551 bits per heavy atom. The highest BCUT2D eigenvalue weighted by atomic mass is 15.1. The van der Waals surface area contributed by atoms with Crippen LogP contribution in [-0.2, 0) is 0 Å². The number of rotatable bonds is 8. The molecule has 0 unspecified atom stereocenters. The fourth-order valence-corrected chi connectivity index (χ4v) is 10.6. The summed E-state index contributed by atoms with van der Waals surface area (Å²) in [5.41, 5.74) is 15.4. The summed E-state index contributed by atoms with van der Waals surface area (Å²) in [4.78, 5) is 2.32. The van der Waals surface area contributed by atoms with Gasteiger partial charge in [-0.1, -0.05) is 200 Å². The quantitative estimate of drug-likeness (QED) is 0.138. The predicted octanol–water partition coefficient (Wildman–Crippen LogP) is 19.3. The summed E-state index contributed by atoms with van der Waals surface area (Å²) >= 11 is 0. The molecule has 0 aromatic heterocycles. The first-order chi connectivity index (χ1) is 34.2. The summed E-state index contributed by atoms with van der Waals surface area (Å²) in [6.07, 6.45) is 0. The Hall–Kier alpha value is -9.04. The molecule has 0 N–H and O–H groups in total. The summed E-state index contributed by atoms with van der Waals surface area (Å²) in [5.74, 6) is 0. The van der Waals surface area contributed by atoms with Crippen LogP contribution in [0, 0.1) is 0 Å². The molecule has 69 heavy (non-hydrogen) atoms. The van der Waals surface area contributed by atoms with Crippen LogP contribution in [0.15, 0.2) is 273 Å². The van der Waals surface area contributed by atoms with E-state index < -0.39 is 0 Å². The van der Waals surface area contributed by atoms with E-state index in [2.05, 4.69) is 278 Å². The molecular formula is C68H45N. The molecule has 13 aromatic carbocycles. The van der Waals surface area contributed by atoms with Gasteiger partial charge in [-0.25, -0.2) is 0 Å². The Balaban J connectivity index is 1.08. The summed E-state index contributed by atoms with van der Waals surface area (Å²) in [7, 11) is 0. The molecule has 13 aromatic rings. The molecule has 0 aliphatic heterocycles. The number of fused-ring (bicyclic) bond motifs is 6. The zero-order chi connectivity index (χ0) is 45.7. The minimum Gasteiger partial charge on any atom is -0.311 e. The van der Waals surface area contributed by atoms with Gasteiger partial charge in [0, 0.05) is 17.1 Å². The van der Waals surface area contributed by atoms with Gasteiger partial charge in [0.15, 0.2) is 0 Å². The molecule has 0 aliphatic rings. The number of anilines is 3. The van der Waals surface area contributed by atoms with Crippen molar-refractivity contribution in [2.45, 2.75) is 0 Å². The maximum absolute atomic E-state index is 2.47. The Morgan fingerprint density at radius 3 is 1.06 bits per heavy atom. The van der Waals surface area contributed by atoms with E-state index >= 15 is 0 Å². The Morgan fingerprint density at radius 1 is 0.188 bits per heavy atom. The normalized spacial score (nSPS) is 11.5. The fourth-order valence-electron chi connectivity index (χ4n) is 10.6. The molecule has 1 heteroatoms. The first-order valence-electron chi connectivity index (χ1n) is 23.8. The van der Waals surface area contributed by atoms with Crippen molar-refractivity contribution in [1.82, 2.24) is 0 Å². The van der Waals surface area contributed by atoms with Gasteiger partial charge in [0.2, 0.25) is 0 Å². The second-order valence-electron chi connectivity index (χ2n) is 18.1. The smallest absolute Gasteiger partial charge is 0.0462 e. The van der Waals surface area contributed by atoms with Gasteiger partial charge in [0.1, 0.15) is 0 Å². The molecule has 0 saturated heterocycles. The predicted molar refractivity (Wildman–Crippen MR) is 296 cm³/mol. The number of hydrogen-bond donors (Lipinski definition) is 0. The first kappa shape index (κ1) is 40.3. The maximum atomic E-state index is 2.47. The molecule has 0 amide bonds. The highest BCUT2D eigenvalue weighted by Crippen LogP contribution is 2.48. The van der Waals surface area contributed by atoms with Gasteiger partial charge in [-0.15, -0.1) is 0 Å². The first-order valence-corrected chi connectivity index (χ1v) is 23.8. The van der Waals surface area contributed by atoms with E-state index in [1.54, 1.807) is 0 Å². The topological polar surface area (TPSA) is 3.24 Å². The molecule has 0 heterocycles. The molecule has 0 radical (unpaired) electrons. The molecule has 0 atom stereocenters. The lowest BCUT2D eigenvalue weighted by Crippen LogP contribution is -2.09. The van der Waals surface area contributed by atoms with Crippen LogP contribution >= 0.6 is 0 Å². The van der Waals surface area contributed by atoms with Crippen molar-refractivity contribution in [3.8, 4) is 55.6 Å². The minimum absolute atomic E-state index is 1.11. The lowest BCUT2D eigenvalue weighted by Gasteiger charge is -2.25. The summed E-state index contributed by atoms with van der Waals surface area (Å²) in [5, 5.41) is 12.3. The fraction of sp³-hybridized carbons (Fsp3) is 0. The summed E-state index contributed by atoms with van der Waals surface area (Å²) in [6, 6.07) is 100. The van der Waals surface area contributed by atoms with E-state index in [9.17, 15) is 0 Å². The van der Waals surface area contributed by atoms with Gasteiger partial charge >= 0.3 is 0 Å². The Bertz CT molecular complexity index is 4000. The van der Waals surface area contributed by atoms with Crippen molar-refractivity contribution >= 4 is 70.9 Å². The lowest BCUT2D eigenvalue weighted by atomic mass is 9.82. The van der Waals surface area contributed by atoms with Gasteiger partial charge in [-0.05, 0) is 182 Å². The zero-order valence-electron chi connectivity index (χ0n) is 37.9. The van der Waals surface area contributed by atoms with Crippen molar-refractivity contribution < 1.29 is 0 Å². The lowest BCUT2D eigenvalue weighted by molar-refractivity contribution is 1.28. The largest absolute Gasteiger partial charge is 0.311 e. The third kappa shape index (κ3) is 7.29. The number of nitrogens with zero attached hydrogens (tertiary/aromatic N) is 1. The number of hydrogen-bond acceptors (Lipinski definition) is 1. The maximum Gasteiger partial charge on any atom is 0.0462 e. The zero-order valence-corrected chi connectivity index (χ0v) is 37.9. The second-order valence-corrected chi connectivity index (χ2v) is 18.1. The van der Waals surface area contributed by atoms with E-state index in [4.69, 9.17) is 0 Å². The van der Waals surface area contributed by atoms with E-state index in [1.807, 2.05) is 0 Å². The SMILES string of the molecule is c1ccc(-c2cc3ccccc3cc2-c2ccc3c(c2)c(-c2ccc4ccccc4c2)c(-c2ccc4ccccc4c2)c2cc(-c4ccc(N(c5ccccc5)c5ccccc5)cc4)ccc23)cc1. The molecule has 0 saturated carbocycles. The highest BCUT2D eigenvalue weighted by Gasteiger charge is 2.21. The van der Waals surface area contributed by atoms with E-state index in [-0.39, 0.29) is 0 Å². The van der Waals surface area contributed by atoms with Crippen LogP contribution in [0.4, 0.5) is 17.1 Å². The van der Waals surface area contributed by atoms with Crippen molar-refractivity contribution in [1.29, 1.82) is 0 Å². The third-order valence-electron chi connectivity index (χ3n) is 14.0. The molecule has 0 spiro atoms. The van der Waals surface area contributed by atoms with E-state index in [0.29, 0.717) is 0 Å². The van der Waals surface area contributed by atoms with Crippen molar-refractivity contribution in [2.75, 3.05) is 4.90 Å². The van der Waals surface area contributed by atoms with Crippen LogP contribution in [0.25, 0.3) is 109 Å². The Labute approximate surface area is 402 Å². The van der Waals surface area contributed by atoms with Crippen molar-refractivity contribution in [2.24, 2.45) is 0 Å². The van der Waals surface area contributed by atoms with Gasteiger partial charge in [0.05, 0.1) is 0 Å².